The number of fused-ring (bicyclic) bond motifs is 3. The molecule has 3 heterocycles. The third-order valence-electron chi connectivity index (χ3n) is 4.70. The third kappa shape index (κ3) is 3.60. The van der Waals surface area contributed by atoms with Crippen LogP contribution >= 0.6 is 0 Å². The second kappa shape index (κ2) is 7.60. The molecule has 7 heteroatoms. The summed E-state index contributed by atoms with van der Waals surface area (Å²) in [6, 6.07) is 17.4. The molecule has 29 heavy (non-hydrogen) atoms. The van der Waals surface area contributed by atoms with Gasteiger partial charge in [0.05, 0.1) is 16.6 Å². The highest BCUT2D eigenvalue weighted by molar-refractivity contribution is 5.90. The van der Waals surface area contributed by atoms with Gasteiger partial charge in [0.25, 0.3) is 0 Å². The van der Waals surface area contributed by atoms with Gasteiger partial charge in [0.2, 0.25) is 5.91 Å². The van der Waals surface area contributed by atoms with E-state index in [1.54, 1.807) is 6.07 Å². The average molecular weight is 384 g/mol. The minimum absolute atomic E-state index is 0.118. The lowest BCUT2D eigenvalue weighted by Gasteiger charge is -2.12. The maximum Gasteiger partial charge on any atom is 0.227 e. The zero-order chi connectivity index (χ0) is 20.4. The van der Waals surface area contributed by atoms with E-state index in [0.717, 1.165) is 28.1 Å². The number of para-hydroxylation sites is 2. The molecule has 0 saturated heterocycles. The van der Waals surface area contributed by atoms with Crippen LogP contribution in [0.1, 0.15) is 23.2 Å². The second-order valence-corrected chi connectivity index (χ2v) is 6.85. The Morgan fingerprint density at radius 2 is 1.97 bits per heavy atom. The van der Waals surface area contributed by atoms with Crippen LogP contribution in [0.3, 0.4) is 0 Å². The largest absolute Gasteiger partial charge is 0.371 e. The summed E-state index contributed by atoms with van der Waals surface area (Å²) < 4.78 is 1.93. The summed E-state index contributed by atoms with van der Waals surface area (Å²) in [6.07, 6.45) is 0.281. The monoisotopic (exact) mass is 384 g/mol. The van der Waals surface area contributed by atoms with Crippen molar-refractivity contribution in [2.75, 3.05) is 17.2 Å². The first-order valence-corrected chi connectivity index (χ1v) is 9.35. The predicted molar refractivity (Wildman–Crippen MR) is 113 cm³/mol. The fourth-order valence-corrected chi connectivity index (χ4v) is 3.35. The van der Waals surface area contributed by atoms with Gasteiger partial charge in [-0.05, 0) is 49.7 Å². The van der Waals surface area contributed by atoms with Crippen LogP contribution in [0, 0.1) is 25.2 Å². The number of benzene rings is 1. The van der Waals surface area contributed by atoms with E-state index in [2.05, 4.69) is 26.7 Å². The van der Waals surface area contributed by atoms with E-state index < -0.39 is 0 Å². The highest BCUT2D eigenvalue weighted by atomic mass is 16.1. The average Bonchev–Trinajstić information content (AvgIpc) is 3.07. The molecule has 2 N–H and O–H groups in total. The number of aromatic nitrogens is 3. The van der Waals surface area contributed by atoms with Crippen LogP contribution in [0.4, 0.5) is 11.6 Å². The van der Waals surface area contributed by atoms with Gasteiger partial charge in [-0.15, -0.1) is 0 Å². The molecule has 144 valence electrons. The molecule has 0 spiro atoms. The molecule has 0 unspecified atom stereocenters. The Bertz CT molecular complexity index is 1270. The van der Waals surface area contributed by atoms with Gasteiger partial charge in [-0.3, -0.25) is 9.20 Å². The minimum Gasteiger partial charge on any atom is -0.371 e. The number of hydrogen-bond acceptors (Lipinski definition) is 5. The molecule has 0 aliphatic heterocycles. The van der Waals surface area contributed by atoms with E-state index in [9.17, 15) is 10.1 Å². The first kappa shape index (κ1) is 18.4. The number of carbonyl (C=O) groups excluding carboxylic acids is 1. The van der Waals surface area contributed by atoms with Gasteiger partial charge in [-0.25, -0.2) is 9.97 Å². The number of imidazole rings is 1. The van der Waals surface area contributed by atoms with Crippen molar-refractivity contribution in [3.05, 3.63) is 65.4 Å². The number of aryl methyl sites for hydroxylation is 2. The van der Waals surface area contributed by atoms with E-state index in [-0.39, 0.29) is 12.3 Å². The Balaban J connectivity index is 1.56. The number of anilines is 2. The molecule has 0 bridgehead atoms. The first-order chi connectivity index (χ1) is 14.1. The van der Waals surface area contributed by atoms with Crippen molar-refractivity contribution >= 4 is 34.2 Å². The minimum atomic E-state index is -0.118. The molecule has 0 radical (unpaired) electrons. The van der Waals surface area contributed by atoms with Gasteiger partial charge in [0, 0.05) is 18.7 Å². The molecule has 7 nitrogen and oxygen atoms in total. The zero-order valence-corrected chi connectivity index (χ0v) is 16.2. The molecule has 0 aliphatic rings. The molecule has 0 atom stereocenters. The van der Waals surface area contributed by atoms with Crippen molar-refractivity contribution in [2.45, 2.75) is 20.3 Å². The Morgan fingerprint density at radius 1 is 1.14 bits per heavy atom. The summed E-state index contributed by atoms with van der Waals surface area (Å²) in [5.41, 5.74) is 4.59. The number of carbonyl (C=O) groups is 1. The fraction of sp³-hybridized carbons (Fsp3) is 0.182. The van der Waals surface area contributed by atoms with Crippen LogP contribution in [-0.4, -0.2) is 26.8 Å². The van der Waals surface area contributed by atoms with Crippen molar-refractivity contribution < 1.29 is 4.79 Å². The summed E-state index contributed by atoms with van der Waals surface area (Å²) in [6.45, 7) is 4.20. The lowest BCUT2D eigenvalue weighted by molar-refractivity contribution is -0.116. The topological polar surface area (TPSA) is 95.1 Å². The lowest BCUT2D eigenvalue weighted by atomic mass is 10.1. The summed E-state index contributed by atoms with van der Waals surface area (Å²) in [4.78, 5) is 21.2. The van der Waals surface area contributed by atoms with Crippen LogP contribution in [0.25, 0.3) is 16.7 Å². The molecule has 0 saturated carbocycles. The van der Waals surface area contributed by atoms with E-state index in [1.807, 2.05) is 60.7 Å². The molecule has 3 aromatic heterocycles. The van der Waals surface area contributed by atoms with Gasteiger partial charge in [-0.2, -0.15) is 5.26 Å². The van der Waals surface area contributed by atoms with Gasteiger partial charge >= 0.3 is 0 Å². The molecule has 4 aromatic rings. The number of nitrogens with one attached hydrogen (secondary N) is 2. The van der Waals surface area contributed by atoms with Crippen LogP contribution < -0.4 is 10.6 Å². The number of pyridine rings is 2. The highest BCUT2D eigenvalue weighted by Gasteiger charge is 2.15. The smallest absolute Gasteiger partial charge is 0.227 e. The summed E-state index contributed by atoms with van der Waals surface area (Å²) in [5.74, 6) is 1.23. The number of hydrogen-bond donors (Lipinski definition) is 2. The molecular weight excluding hydrogens is 364 g/mol. The van der Waals surface area contributed by atoms with Crippen molar-refractivity contribution in [1.82, 2.24) is 14.4 Å². The SMILES string of the molecule is Cc1cccc(NC(=O)CCNc2cc(C)c(C#N)c3nc4ccccc4n23)n1. The first-order valence-electron chi connectivity index (χ1n) is 9.35. The van der Waals surface area contributed by atoms with E-state index >= 15 is 0 Å². The maximum atomic E-state index is 12.3. The van der Waals surface area contributed by atoms with Gasteiger partial charge < -0.3 is 10.6 Å². The normalized spacial score (nSPS) is 10.8. The molecule has 1 aromatic carbocycles. The zero-order valence-electron chi connectivity index (χ0n) is 16.2. The highest BCUT2D eigenvalue weighted by Crippen LogP contribution is 2.26. The third-order valence-corrected chi connectivity index (χ3v) is 4.70. The standard InChI is InChI=1S/C22H20N6O/c1-14-12-20(24-11-10-21(29)27-19-9-5-6-15(2)25-19)28-18-8-4-3-7-17(18)26-22(28)16(14)13-23/h3-9,12,24H,10-11H2,1-2H3,(H,25,27,29). The molecule has 1 amide bonds. The Kier molecular flexibility index (Phi) is 4.83. The van der Waals surface area contributed by atoms with E-state index in [4.69, 9.17) is 0 Å². The quantitative estimate of drug-likeness (QED) is 0.545. The summed E-state index contributed by atoms with van der Waals surface area (Å²) in [5, 5.41) is 15.7. The Labute approximate surface area is 168 Å². The van der Waals surface area contributed by atoms with E-state index in [0.29, 0.717) is 23.6 Å². The van der Waals surface area contributed by atoms with Crippen molar-refractivity contribution in [3.63, 3.8) is 0 Å². The predicted octanol–water partition coefficient (Wildman–Crippen LogP) is 3.81. The van der Waals surface area contributed by atoms with Crippen molar-refractivity contribution in [1.29, 1.82) is 5.26 Å². The van der Waals surface area contributed by atoms with Crippen molar-refractivity contribution in [2.24, 2.45) is 0 Å². The molecule has 4 rings (SSSR count). The van der Waals surface area contributed by atoms with Crippen LogP contribution in [0.5, 0.6) is 0 Å². The van der Waals surface area contributed by atoms with E-state index in [1.165, 1.54) is 0 Å². The van der Waals surface area contributed by atoms with Gasteiger partial charge in [-0.1, -0.05) is 18.2 Å². The summed E-state index contributed by atoms with van der Waals surface area (Å²) in [7, 11) is 0. The number of amides is 1. The fourth-order valence-electron chi connectivity index (χ4n) is 3.35. The lowest BCUT2D eigenvalue weighted by Crippen LogP contribution is -2.18. The second-order valence-electron chi connectivity index (χ2n) is 6.85. The van der Waals surface area contributed by atoms with Gasteiger partial charge in [0.15, 0.2) is 5.65 Å². The number of nitriles is 1. The molecule has 0 aliphatic carbocycles. The van der Waals surface area contributed by atoms with Crippen LogP contribution in [0.2, 0.25) is 0 Å². The molecule has 0 fully saturated rings. The van der Waals surface area contributed by atoms with Crippen LogP contribution in [0.15, 0.2) is 48.5 Å². The number of nitrogens with zero attached hydrogens (tertiary/aromatic N) is 4. The number of rotatable bonds is 5. The summed E-state index contributed by atoms with van der Waals surface area (Å²) >= 11 is 0. The Morgan fingerprint density at radius 3 is 2.76 bits per heavy atom. The Hall–Kier alpha value is -3.92. The van der Waals surface area contributed by atoms with Gasteiger partial charge in [0.1, 0.15) is 17.7 Å². The van der Waals surface area contributed by atoms with Crippen molar-refractivity contribution in [3.8, 4) is 6.07 Å². The maximum absolute atomic E-state index is 12.3. The molecular formula is C22H20N6O. The van der Waals surface area contributed by atoms with Crippen LogP contribution in [-0.2, 0) is 4.79 Å².